The molecule has 0 aliphatic heterocycles. The number of urea groups is 1. The Morgan fingerprint density at radius 2 is 1.81 bits per heavy atom. The first-order valence-corrected chi connectivity index (χ1v) is 9.71. The number of methoxy groups -OCH3 is 1. The van der Waals surface area contributed by atoms with Gasteiger partial charge in [-0.15, -0.1) is 0 Å². The highest BCUT2D eigenvalue weighted by molar-refractivity contribution is 5.91. The molecule has 2 aromatic rings. The summed E-state index contributed by atoms with van der Waals surface area (Å²) in [6.07, 6.45) is 1.86. The Labute approximate surface area is 163 Å². The number of hydrogen-bond acceptors (Lipinski definition) is 2. The number of nitrogens with zero attached hydrogens (tertiary/aromatic N) is 1. The molecular formula is C23H32N2O2. The lowest BCUT2D eigenvalue weighted by molar-refractivity contribution is 0.182. The number of anilines is 1. The van der Waals surface area contributed by atoms with Gasteiger partial charge in [-0.05, 0) is 42.4 Å². The van der Waals surface area contributed by atoms with Crippen LogP contribution in [0.25, 0.3) is 0 Å². The molecule has 0 aromatic heterocycles. The van der Waals surface area contributed by atoms with E-state index in [0.29, 0.717) is 19.0 Å². The second kappa shape index (κ2) is 10.7. The van der Waals surface area contributed by atoms with E-state index < -0.39 is 0 Å². The molecule has 2 amide bonds. The molecule has 0 radical (unpaired) electrons. The van der Waals surface area contributed by atoms with Gasteiger partial charge in [-0.3, -0.25) is 0 Å². The molecule has 2 aromatic carbocycles. The van der Waals surface area contributed by atoms with E-state index in [1.165, 1.54) is 5.56 Å². The number of benzene rings is 2. The summed E-state index contributed by atoms with van der Waals surface area (Å²) >= 11 is 0. The number of amides is 2. The van der Waals surface area contributed by atoms with Crippen LogP contribution in [0.5, 0.6) is 0 Å². The molecule has 4 nitrogen and oxygen atoms in total. The number of rotatable bonds is 9. The first-order chi connectivity index (χ1) is 13.0. The number of unbranched alkanes of at least 4 members (excludes halogenated alkanes) is 1. The summed E-state index contributed by atoms with van der Waals surface area (Å²) < 4.78 is 5.14. The fourth-order valence-corrected chi connectivity index (χ4v) is 3.13. The molecule has 4 heteroatoms. The van der Waals surface area contributed by atoms with Crippen molar-refractivity contribution in [3.63, 3.8) is 0 Å². The quantitative estimate of drug-likeness (QED) is 0.587. The van der Waals surface area contributed by atoms with Crippen LogP contribution in [0.3, 0.4) is 0 Å². The zero-order valence-electron chi connectivity index (χ0n) is 17.0. The second-order valence-corrected chi connectivity index (χ2v) is 7.23. The highest BCUT2D eigenvalue weighted by Crippen LogP contribution is 2.27. The molecule has 1 N–H and O–H groups in total. The largest absolute Gasteiger partial charge is 0.385 e. The van der Waals surface area contributed by atoms with E-state index in [0.717, 1.165) is 36.3 Å². The average molecular weight is 369 g/mol. The minimum Gasteiger partial charge on any atom is -0.385 e. The standard InChI is InChI=1S/C23H32N2O2/c1-18(2)21-14-10-11-19(3)22(21)24-23(26)25(15-8-9-16-27-4)17-20-12-6-5-7-13-20/h5-7,10-14,18H,8-9,15-17H2,1-4H3,(H,24,26). The fraction of sp³-hybridized carbons (Fsp3) is 0.435. The van der Waals surface area contributed by atoms with Crippen molar-refractivity contribution in [3.8, 4) is 0 Å². The third-order valence-corrected chi connectivity index (χ3v) is 4.69. The van der Waals surface area contributed by atoms with Gasteiger partial charge in [0.25, 0.3) is 0 Å². The highest BCUT2D eigenvalue weighted by atomic mass is 16.5. The molecule has 0 unspecified atom stereocenters. The van der Waals surface area contributed by atoms with Crippen molar-refractivity contribution in [3.05, 3.63) is 65.2 Å². The number of carbonyl (C=O) groups excluding carboxylic acids is 1. The van der Waals surface area contributed by atoms with E-state index in [9.17, 15) is 4.79 Å². The first-order valence-electron chi connectivity index (χ1n) is 9.71. The van der Waals surface area contributed by atoms with E-state index >= 15 is 0 Å². The molecule has 0 bridgehead atoms. The van der Waals surface area contributed by atoms with Crippen molar-refractivity contribution in [2.75, 3.05) is 25.6 Å². The van der Waals surface area contributed by atoms with Gasteiger partial charge < -0.3 is 15.0 Å². The maximum Gasteiger partial charge on any atom is 0.322 e. The van der Waals surface area contributed by atoms with Gasteiger partial charge in [0.2, 0.25) is 0 Å². The SMILES string of the molecule is COCCCCN(Cc1ccccc1)C(=O)Nc1c(C)cccc1C(C)C. The lowest BCUT2D eigenvalue weighted by Gasteiger charge is -2.25. The topological polar surface area (TPSA) is 41.6 Å². The van der Waals surface area contributed by atoms with Crippen LogP contribution in [0.4, 0.5) is 10.5 Å². The van der Waals surface area contributed by atoms with Crippen molar-refractivity contribution in [2.24, 2.45) is 0 Å². The number of hydrogen-bond donors (Lipinski definition) is 1. The normalized spacial score (nSPS) is 10.9. The van der Waals surface area contributed by atoms with Gasteiger partial charge in [0.1, 0.15) is 0 Å². The van der Waals surface area contributed by atoms with Gasteiger partial charge in [0, 0.05) is 32.5 Å². The molecule has 0 fully saturated rings. The van der Waals surface area contributed by atoms with Gasteiger partial charge in [0.05, 0.1) is 0 Å². The Hall–Kier alpha value is -2.33. The summed E-state index contributed by atoms with van der Waals surface area (Å²) in [5, 5.41) is 3.18. The molecule has 0 saturated carbocycles. The Kier molecular flexibility index (Phi) is 8.34. The van der Waals surface area contributed by atoms with Crippen LogP contribution in [0.1, 0.15) is 49.3 Å². The van der Waals surface area contributed by atoms with Crippen LogP contribution in [-0.4, -0.2) is 31.2 Å². The van der Waals surface area contributed by atoms with Crippen molar-refractivity contribution >= 4 is 11.7 Å². The van der Waals surface area contributed by atoms with E-state index in [4.69, 9.17) is 4.74 Å². The van der Waals surface area contributed by atoms with Crippen LogP contribution in [0, 0.1) is 6.92 Å². The molecule has 0 spiro atoms. The van der Waals surface area contributed by atoms with Crippen molar-refractivity contribution in [1.82, 2.24) is 4.90 Å². The third kappa shape index (κ3) is 6.40. The van der Waals surface area contributed by atoms with Crippen molar-refractivity contribution in [1.29, 1.82) is 0 Å². The zero-order valence-corrected chi connectivity index (χ0v) is 17.0. The molecule has 27 heavy (non-hydrogen) atoms. The summed E-state index contributed by atoms with van der Waals surface area (Å²) in [6, 6.07) is 16.3. The summed E-state index contributed by atoms with van der Waals surface area (Å²) in [7, 11) is 1.71. The summed E-state index contributed by atoms with van der Waals surface area (Å²) in [4.78, 5) is 15.0. The summed E-state index contributed by atoms with van der Waals surface area (Å²) in [5.41, 5.74) is 4.33. The third-order valence-electron chi connectivity index (χ3n) is 4.69. The summed E-state index contributed by atoms with van der Waals surface area (Å²) in [5.74, 6) is 0.351. The van der Waals surface area contributed by atoms with E-state index in [1.54, 1.807) is 7.11 Å². The minimum atomic E-state index is -0.0486. The van der Waals surface area contributed by atoms with Crippen LogP contribution < -0.4 is 5.32 Å². The number of nitrogens with one attached hydrogen (secondary N) is 1. The van der Waals surface area contributed by atoms with E-state index in [2.05, 4.69) is 37.4 Å². The van der Waals surface area contributed by atoms with Gasteiger partial charge in [-0.2, -0.15) is 0 Å². The molecule has 0 aliphatic carbocycles. The van der Waals surface area contributed by atoms with Gasteiger partial charge in [0.15, 0.2) is 0 Å². The number of aryl methyl sites for hydroxylation is 1. The van der Waals surface area contributed by atoms with Crippen LogP contribution >= 0.6 is 0 Å². The fourth-order valence-electron chi connectivity index (χ4n) is 3.13. The maximum atomic E-state index is 13.1. The number of ether oxygens (including phenoxy) is 1. The lowest BCUT2D eigenvalue weighted by atomic mass is 9.98. The minimum absolute atomic E-state index is 0.0486. The van der Waals surface area contributed by atoms with Crippen LogP contribution in [0.2, 0.25) is 0 Å². The zero-order chi connectivity index (χ0) is 19.6. The number of para-hydroxylation sites is 1. The maximum absolute atomic E-state index is 13.1. The summed E-state index contributed by atoms with van der Waals surface area (Å²) in [6.45, 7) is 8.36. The molecule has 0 aliphatic rings. The molecule has 146 valence electrons. The van der Waals surface area contributed by atoms with Crippen LogP contribution in [-0.2, 0) is 11.3 Å². The van der Waals surface area contributed by atoms with Gasteiger partial charge >= 0.3 is 6.03 Å². The lowest BCUT2D eigenvalue weighted by Crippen LogP contribution is -2.36. The Morgan fingerprint density at radius 1 is 1.07 bits per heavy atom. The van der Waals surface area contributed by atoms with Gasteiger partial charge in [-0.25, -0.2) is 4.79 Å². The molecule has 0 saturated heterocycles. The average Bonchev–Trinajstić information content (AvgIpc) is 2.66. The highest BCUT2D eigenvalue weighted by Gasteiger charge is 2.17. The Balaban J connectivity index is 2.15. The monoisotopic (exact) mass is 368 g/mol. The molecule has 2 rings (SSSR count). The smallest absolute Gasteiger partial charge is 0.322 e. The number of carbonyl (C=O) groups is 1. The second-order valence-electron chi connectivity index (χ2n) is 7.23. The Morgan fingerprint density at radius 3 is 2.48 bits per heavy atom. The predicted molar refractivity (Wildman–Crippen MR) is 112 cm³/mol. The van der Waals surface area contributed by atoms with Crippen molar-refractivity contribution < 1.29 is 9.53 Å². The van der Waals surface area contributed by atoms with E-state index in [1.807, 2.05) is 42.2 Å². The molecule has 0 atom stereocenters. The molecular weight excluding hydrogens is 336 g/mol. The van der Waals surface area contributed by atoms with Gasteiger partial charge in [-0.1, -0.05) is 62.4 Å². The Bertz CT molecular complexity index is 714. The predicted octanol–water partition coefficient (Wildman–Crippen LogP) is 5.58. The van der Waals surface area contributed by atoms with Crippen LogP contribution in [0.15, 0.2) is 48.5 Å². The van der Waals surface area contributed by atoms with E-state index in [-0.39, 0.29) is 6.03 Å². The van der Waals surface area contributed by atoms with Crippen molar-refractivity contribution in [2.45, 2.75) is 46.1 Å². The first kappa shape index (κ1) is 21.0. The molecule has 0 heterocycles.